The number of rotatable bonds is 6. The van der Waals surface area contributed by atoms with Crippen LogP contribution in [-0.2, 0) is 4.84 Å². The molecule has 0 aliphatic heterocycles. The second kappa shape index (κ2) is 6.91. The average molecular weight is 148 g/mol. The van der Waals surface area contributed by atoms with Crippen LogP contribution in [0.15, 0.2) is 0 Å². The lowest BCUT2D eigenvalue weighted by Gasteiger charge is -2.17. The standard InChI is InChI=1S/C5H16N4O/c1-3-9(7-2)5-10-8-4-6/h7-8H,3-6H2,1-2H3. The molecule has 0 rings (SSSR count). The van der Waals surface area contributed by atoms with Crippen LogP contribution < -0.4 is 16.6 Å². The van der Waals surface area contributed by atoms with Crippen molar-refractivity contribution in [1.29, 1.82) is 0 Å². The molecule has 0 radical (unpaired) electrons. The first-order valence-corrected chi connectivity index (χ1v) is 3.32. The number of hydrazine groups is 1. The van der Waals surface area contributed by atoms with Crippen molar-refractivity contribution in [2.75, 3.05) is 27.0 Å². The molecule has 0 spiro atoms. The highest BCUT2D eigenvalue weighted by Gasteiger charge is 1.95. The van der Waals surface area contributed by atoms with Gasteiger partial charge in [0.15, 0.2) is 0 Å². The fourth-order valence-corrected chi connectivity index (χ4v) is 0.496. The van der Waals surface area contributed by atoms with E-state index in [0.29, 0.717) is 13.4 Å². The Morgan fingerprint density at radius 2 is 2.30 bits per heavy atom. The molecule has 0 aliphatic carbocycles. The zero-order valence-electron chi connectivity index (χ0n) is 6.55. The van der Waals surface area contributed by atoms with Gasteiger partial charge in [0.1, 0.15) is 6.73 Å². The van der Waals surface area contributed by atoms with Gasteiger partial charge in [0, 0.05) is 6.54 Å². The number of nitrogens with one attached hydrogen (secondary N) is 2. The summed E-state index contributed by atoms with van der Waals surface area (Å²) < 4.78 is 0. The van der Waals surface area contributed by atoms with Crippen LogP contribution >= 0.6 is 0 Å². The van der Waals surface area contributed by atoms with E-state index in [0.717, 1.165) is 6.54 Å². The van der Waals surface area contributed by atoms with Gasteiger partial charge < -0.3 is 5.73 Å². The second-order valence-corrected chi connectivity index (χ2v) is 1.70. The highest BCUT2D eigenvalue weighted by Crippen LogP contribution is 1.77. The van der Waals surface area contributed by atoms with Gasteiger partial charge >= 0.3 is 0 Å². The Hall–Kier alpha value is -0.200. The smallest absolute Gasteiger partial charge is 0.133 e. The van der Waals surface area contributed by atoms with E-state index in [1.54, 1.807) is 0 Å². The minimum atomic E-state index is 0.335. The molecule has 0 heterocycles. The lowest BCUT2D eigenvalue weighted by atomic mass is 10.7. The van der Waals surface area contributed by atoms with E-state index in [1.165, 1.54) is 0 Å². The third kappa shape index (κ3) is 4.66. The van der Waals surface area contributed by atoms with Gasteiger partial charge in [0.2, 0.25) is 0 Å². The Bertz CT molecular complexity index is 66.7. The summed E-state index contributed by atoms with van der Waals surface area (Å²) in [5.74, 6) is 0. The van der Waals surface area contributed by atoms with Gasteiger partial charge in [-0.3, -0.25) is 10.3 Å². The minimum Gasteiger partial charge on any atom is -0.317 e. The van der Waals surface area contributed by atoms with Crippen LogP contribution in [0.4, 0.5) is 0 Å². The van der Waals surface area contributed by atoms with E-state index in [-0.39, 0.29) is 0 Å². The SMILES string of the molecule is CCN(CONCN)NC. The Labute approximate surface area is 61.4 Å². The lowest BCUT2D eigenvalue weighted by molar-refractivity contribution is -0.0473. The summed E-state index contributed by atoms with van der Waals surface area (Å²) in [6.07, 6.45) is 0. The van der Waals surface area contributed by atoms with Crippen LogP contribution in [0.3, 0.4) is 0 Å². The maximum atomic E-state index is 5.12. The molecule has 0 bridgehead atoms. The first-order chi connectivity index (χ1) is 4.85. The Morgan fingerprint density at radius 1 is 1.60 bits per heavy atom. The van der Waals surface area contributed by atoms with Crippen molar-refractivity contribution in [2.24, 2.45) is 5.73 Å². The molecular weight excluding hydrogens is 132 g/mol. The number of hydrogen-bond donors (Lipinski definition) is 3. The van der Waals surface area contributed by atoms with Gasteiger partial charge in [-0.2, -0.15) is 5.48 Å². The summed E-state index contributed by atoms with van der Waals surface area (Å²) in [6.45, 7) is 3.75. The minimum absolute atomic E-state index is 0.335. The number of nitrogens with zero attached hydrogens (tertiary/aromatic N) is 1. The van der Waals surface area contributed by atoms with E-state index >= 15 is 0 Å². The van der Waals surface area contributed by atoms with Crippen LogP contribution in [0, 0.1) is 0 Å². The zero-order chi connectivity index (χ0) is 7.82. The summed E-state index contributed by atoms with van der Waals surface area (Å²) in [6, 6.07) is 0. The largest absolute Gasteiger partial charge is 0.317 e. The predicted octanol–water partition coefficient (Wildman–Crippen LogP) is -1.16. The lowest BCUT2D eigenvalue weighted by Crippen LogP contribution is -2.39. The van der Waals surface area contributed by atoms with Gasteiger partial charge in [-0.1, -0.05) is 6.92 Å². The predicted molar refractivity (Wildman–Crippen MR) is 39.6 cm³/mol. The Morgan fingerprint density at radius 3 is 2.70 bits per heavy atom. The maximum absolute atomic E-state index is 5.12. The van der Waals surface area contributed by atoms with Gasteiger partial charge in [0.25, 0.3) is 0 Å². The van der Waals surface area contributed by atoms with Crippen LogP contribution in [0.2, 0.25) is 0 Å². The van der Waals surface area contributed by atoms with Crippen LogP contribution in [0.5, 0.6) is 0 Å². The third-order valence-electron chi connectivity index (χ3n) is 1.10. The molecule has 5 nitrogen and oxygen atoms in total. The molecular formula is C5H16N4O. The fraction of sp³-hybridized carbons (Fsp3) is 1.00. The van der Waals surface area contributed by atoms with Gasteiger partial charge in [-0.15, -0.1) is 0 Å². The van der Waals surface area contributed by atoms with Crippen molar-refractivity contribution in [1.82, 2.24) is 15.9 Å². The highest BCUT2D eigenvalue weighted by atomic mass is 16.7. The van der Waals surface area contributed by atoms with Gasteiger partial charge in [0.05, 0.1) is 6.67 Å². The second-order valence-electron chi connectivity index (χ2n) is 1.70. The molecule has 0 aromatic rings. The molecule has 0 aliphatic rings. The molecule has 0 unspecified atom stereocenters. The number of nitrogens with two attached hydrogens (primary N) is 1. The average Bonchev–Trinajstić information content (AvgIpc) is 1.99. The van der Waals surface area contributed by atoms with Crippen molar-refractivity contribution >= 4 is 0 Å². The molecule has 0 amide bonds. The molecule has 0 fully saturated rings. The molecule has 10 heavy (non-hydrogen) atoms. The van der Waals surface area contributed by atoms with E-state index in [1.807, 2.05) is 19.0 Å². The molecule has 0 aromatic heterocycles. The monoisotopic (exact) mass is 148 g/mol. The van der Waals surface area contributed by atoms with Crippen LogP contribution in [0.1, 0.15) is 6.92 Å². The molecule has 0 saturated carbocycles. The van der Waals surface area contributed by atoms with Crippen molar-refractivity contribution < 1.29 is 4.84 Å². The molecule has 0 atom stereocenters. The molecule has 0 aromatic carbocycles. The van der Waals surface area contributed by atoms with E-state index in [2.05, 4.69) is 10.9 Å². The van der Waals surface area contributed by atoms with Gasteiger partial charge in [-0.05, 0) is 7.05 Å². The normalized spacial score (nSPS) is 10.8. The first-order valence-electron chi connectivity index (χ1n) is 3.32. The van der Waals surface area contributed by atoms with Crippen molar-refractivity contribution in [3.63, 3.8) is 0 Å². The molecule has 4 N–H and O–H groups in total. The molecule has 5 heteroatoms. The summed E-state index contributed by atoms with van der Waals surface area (Å²) in [5.41, 5.74) is 10.6. The molecule has 0 saturated heterocycles. The maximum Gasteiger partial charge on any atom is 0.133 e. The van der Waals surface area contributed by atoms with Crippen molar-refractivity contribution in [2.45, 2.75) is 6.92 Å². The Kier molecular flexibility index (Phi) is 6.78. The highest BCUT2D eigenvalue weighted by molar-refractivity contribution is 4.33. The van der Waals surface area contributed by atoms with Gasteiger partial charge in [-0.25, -0.2) is 5.01 Å². The number of hydrogen-bond acceptors (Lipinski definition) is 5. The Balaban J connectivity index is 3.09. The van der Waals surface area contributed by atoms with Crippen LogP contribution in [0.25, 0.3) is 0 Å². The zero-order valence-corrected chi connectivity index (χ0v) is 6.55. The topological polar surface area (TPSA) is 62.5 Å². The first kappa shape index (κ1) is 9.80. The van der Waals surface area contributed by atoms with E-state index in [4.69, 9.17) is 10.6 Å². The summed E-state index contributed by atoms with van der Waals surface area (Å²) in [4.78, 5) is 4.92. The summed E-state index contributed by atoms with van der Waals surface area (Å²) in [7, 11) is 1.84. The number of hydroxylamine groups is 1. The quantitative estimate of drug-likeness (QED) is 0.252. The van der Waals surface area contributed by atoms with Crippen LogP contribution in [-0.4, -0.2) is 32.0 Å². The summed E-state index contributed by atoms with van der Waals surface area (Å²) in [5, 5.41) is 1.89. The van der Waals surface area contributed by atoms with Crippen molar-refractivity contribution in [3.05, 3.63) is 0 Å². The van der Waals surface area contributed by atoms with E-state index in [9.17, 15) is 0 Å². The third-order valence-corrected chi connectivity index (χ3v) is 1.10. The fourth-order valence-electron chi connectivity index (χ4n) is 0.496. The van der Waals surface area contributed by atoms with Crippen molar-refractivity contribution in [3.8, 4) is 0 Å². The molecule has 62 valence electrons. The summed E-state index contributed by atoms with van der Waals surface area (Å²) >= 11 is 0. The van der Waals surface area contributed by atoms with E-state index < -0.39 is 0 Å².